The van der Waals surface area contributed by atoms with Gasteiger partial charge in [-0.15, -0.1) is 0 Å². The van der Waals surface area contributed by atoms with Crippen LogP contribution in [0.2, 0.25) is 0 Å². The van der Waals surface area contributed by atoms with Crippen molar-refractivity contribution in [3.8, 4) is 0 Å². The first-order valence-electron chi connectivity index (χ1n) is 7.72. The van der Waals surface area contributed by atoms with Gasteiger partial charge in [-0.1, -0.05) is 17.8 Å². The molecule has 0 aromatic heterocycles. The molecule has 2 aromatic rings. The predicted octanol–water partition coefficient (Wildman–Crippen LogP) is 4.17. The van der Waals surface area contributed by atoms with Crippen LogP contribution in [0.1, 0.15) is 17.5 Å². The molecule has 1 saturated heterocycles. The van der Waals surface area contributed by atoms with Crippen LogP contribution < -0.4 is 0 Å². The fourth-order valence-electron chi connectivity index (χ4n) is 3.28. The van der Waals surface area contributed by atoms with Gasteiger partial charge in [0.25, 0.3) is 5.69 Å². The van der Waals surface area contributed by atoms with Gasteiger partial charge in [-0.25, -0.2) is 8.78 Å². The third-order valence-electron chi connectivity index (χ3n) is 4.40. The lowest BCUT2D eigenvalue weighted by molar-refractivity contribution is -0.387. The largest absolute Gasteiger partial charge is 0.343 e. The average Bonchev–Trinajstić information content (AvgIpc) is 3.19. The van der Waals surface area contributed by atoms with Crippen molar-refractivity contribution >= 4 is 17.4 Å². The standard InChI is InChI=1S/C17H13F2NO4S/c18-12-2-1-3-13(19)16(12)25-15-9-11-10(8-14(15)20(21)22)4-5-17(11)23-6-7-24-17/h1-3,8-9H,4-7H2. The quantitative estimate of drug-likeness (QED) is 0.603. The monoisotopic (exact) mass is 365 g/mol. The Morgan fingerprint density at radius 1 is 1.16 bits per heavy atom. The summed E-state index contributed by atoms with van der Waals surface area (Å²) in [6, 6.07) is 6.52. The summed E-state index contributed by atoms with van der Waals surface area (Å²) >= 11 is 0.701. The summed E-state index contributed by atoms with van der Waals surface area (Å²) in [7, 11) is 0. The molecule has 0 bridgehead atoms. The summed E-state index contributed by atoms with van der Waals surface area (Å²) < 4.78 is 39.4. The molecule has 2 aromatic carbocycles. The first-order chi connectivity index (χ1) is 12.0. The number of ether oxygens (including phenoxy) is 2. The predicted molar refractivity (Wildman–Crippen MR) is 85.5 cm³/mol. The maximum atomic E-state index is 14.0. The fraction of sp³-hybridized carbons (Fsp3) is 0.294. The number of halogens is 2. The van der Waals surface area contributed by atoms with Gasteiger partial charge in [0, 0.05) is 18.1 Å². The maximum absolute atomic E-state index is 14.0. The van der Waals surface area contributed by atoms with Crippen LogP contribution in [-0.2, 0) is 21.7 Å². The number of hydrogen-bond donors (Lipinski definition) is 0. The zero-order valence-corrected chi connectivity index (χ0v) is 13.8. The van der Waals surface area contributed by atoms with Crippen LogP contribution in [0, 0.1) is 21.7 Å². The number of nitrogens with zero attached hydrogens (tertiary/aromatic N) is 1. The van der Waals surface area contributed by atoms with Crippen molar-refractivity contribution in [1.29, 1.82) is 0 Å². The molecule has 0 saturated carbocycles. The number of rotatable bonds is 3. The van der Waals surface area contributed by atoms with E-state index in [9.17, 15) is 18.9 Å². The minimum Gasteiger partial charge on any atom is -0.343 e. The zero-order valence-electron chi connectivity index (χ0n) is 13.0. The summed E-state index contributed by atoms with van der Waals surface area (Å²) in [4.78, 5) is 10.8. The van der Waals surface area contributed by atoms with Gasteiger partial charge in [0.15, 0.2) is 5.79 Å². The molecular formula is C17H13F2NO4S. The number of nitro groups is 1. The normalized spacial score (nSPS) is 17.8. The third kappa shape index (κ3) is 2.70. The molecule has 0 radical (unpaired) electrons. The molecule has 0 N–H and O–H groups in total. The Bertz CT molecular complexity index is 848. The van der Waals surface area contributed by atoms with E-state index in [2.05, 4.69) is 0 Å². The van der Waals surface area contributed by atoms with Crippen LogP contribution in [-0.4, -0.2) is 18.1 Å². The van der Waals surface area contributed by atoms with E-state index in [4.69, 9.17) is 9.47 Å². The molecule has 5 nitrogen and oxygen atoms in total. The second kappa shape index (κ2) is 6.05. The summed E-state index contributed by atoms with van der Waals surface area (Å²) in [6.45, 7) is 0.891. The molecule has 2 aliphatic rings. The van der Waals surface area contributed by atoms with Crippen LogP contribution in [0.25, 0.3) is 0 Å². The lowest BCUT2D eigenvalue weighted by Gasteiger charge is -2.23. The fourth-order valence-corrected chi connectivity index (χ4v) is 4.24. The van der Waals surface area contributed by atoms with Gasteiger partial charge in [-0.3, -0.25) is 10.1 Å². The van der Waals surface area contributed by atoms with Crippen LogP contribution >= 0.6 is 11.8 Å². The molecule has 1 aliphatic carbocycles. The van der Waals surface area contributed by atoms with E-state index in [1.54, 1.807) is 6.07 Å². The van der Waals surface area contributed by atoms with E-state index < -0.39 is 22.3 Å². The Morgan fingerprint density at radius 2 is 1.84 bits per heavy atom. The average molecular weight is 365 g/mol. The number of aryl methyl sites for hydroxylation is 1. The van der Waals surface area contributed by atoms with Gasteiger partial charge in [0.2, 0.25) is 0 Å². The summed E-state index contributed by atoms with van der Waals surface area (Å²) in [5.74, 6) is -2.42. The molecule has 8 heteroatoms. The topological polar surface area (TPSA) is 61.6 Å². The van der Waals surface area contributed by atoms with Crippen molar-refractivity contribution < 1.29 is 23.2 Å². The smallest absolute Gasteiger partial charge is 0.283 e. The van der Waals surface area contributed by atoms with Gasteiger partial charge >= 0.3 is 0 Å². The molecular weight excluding hydrogens is 352 g/mol. The first-order valence-corrected chi connectivity index (χ1v) is 8.53. The maximum Gasteiger partial charge on any atom is 0.283 e. The molecule has 1 heterocycles. The lowest BCUT2D eigenvalue weighted by atomic mass is 10.1. The molecule has 0 atom stereocenters. The van der Waals surface area contributed by atoms with Crippen LogP contribution in [0.5, 0.6) is 0 Å². The van der Waals surface area contributed by atoms with E-state index in [0.29, 0.717) is 43.4 Å². The van der Waals surface area contributed by atoms with E-state index in [1.807, 2.05) is 0 Å². The van der Waals surface area contributed by atoms with E-state index in [0.717, 1.165) is 17.7 Å². The Morgan fingerprint density at radius 3 is 2.48 bits per heavy atom. The SMILES string of the molecule is O=[N+]([O-])c1cc2c(cc1Sc1c(F)cccc1F)C1(CC2)OCCO1. The Hall–Kier alpha value is -2.03. The molecule has 1 fully saturated rings. The Labute approximate surface area is 146 Å². The van der Waals surface area contributed by atoms with Crippen molar-refractivity contribution in [3.63, 3.8) is 0 Å². The lowest BCUT2D eigenvalue weighted by Crippen LogP contribution is -2.23. The van der Waals surface area contributed by atoms with Crippen molar-refractivity contribution in [1.82, 2.24) is 0 Å². The van der Waals surface area contributed by atoms with Gasteiger partial charge in [0.05, 0.1) is 27.9 Å². The second-order valence-electron chi connectivity index (χ2n) is 5.84. The number of fused-ring (bicyclic) bond motifs is 2. The Kier molecular flexibility index (Phi) is 3.98. The van der Waals surface area contributed by atoms with Gasteiger partial charge < -0.3 is 9.47 Å². The van der Waals surface area contributed by atoms with Crippen molar-refractivity contribution in [2.24, 2.45) is 0 Å². The van der Waals surface area contributed by atoms with E-state index in [-0.39, 0.29) is 15.5 Å². The molecule has 130 valence electrons. The van der Waals surface area contributed by atoms with E-state index >= 15 is 0 Å². The number of benzene rings is 2. The van der Waals surface area contributed by atoms with Crippen LogP contribution in [0.4, 0.5) is 14.5 Å². The molecule has 1 spiro atoms. The second-order valence-corrected chi connectivity index (χ2v) is 6.89. The summed E-state index contributed by atoms with van der Waals surface area (Å²) in [5.41, 5.74) is 1.29. The zero-order chi connectivity index (χ0) is 17.6. The van der Waals surface area contributed by atoms with Gasteiger partial charge in [-0.2, -0.15) is 0 Å². The molecule has 1 aliphatic heterocycles. The highest BCUT2D eigenvalue weighted by atomic mass is 32.2. The minimum atomic E-state index is -0.895. The van der Waals surface area contributed by atoms with Gasteiger partial charge in [0.1, 0.15) is 11.6 Å². The molecule has 0 amide bonds. The van der Waals surface area contributed by atoms with E-state index in [1.165, 1.54) is 12.1 Å². The highest BCUT2D eigenvalue weighted by Gasteiger charge is 2.45. The minimum absolute atomic E-state index is 0.160. The van der Waals surface area contributed by atoms with Crippen molar-refractivity contribution in [2.45, 2.75) is 28.4 Å². The third-order valence-corrected chi connectivity index (χ3v) is 5.54. The van der Waals surface area contributed by atoms with Crippen LogP contribution in [0.15, 0.2) is 40.1 Å². The van der Waals surface area contributed by atoms with Crippen molar-refractivity contribution in [3.05, 3.63) is 63.2 Å². The highest BCUT2D eigenvalue weighted by molar-refractivity contribution is 7.99. The van der Waals surface area contributed by atoms with Gasteiger partial charge in [-0.05, 0) is 30.2 Å². The number of hydrogen-bond acceptors (Lipinski definition) is 5. The first kappa shape index (κ1) is 16.4. The summed E-state index contributed by atoms with van der Waals surface area (Å²) in [6.07, 6.45) is 1.16. The molecule has 4 rings (SSSR count). The molecule has 0 unspecified atom stereocenters. The van der Waals surface area contributed by atoms with Crippen molar-refractivity contribution in [2.75, 3.05) is 13.2 Å². The van der Waals surface area contributed by atoms with Crippen LogP contribution in [0.3, 0.4) is 0 Å². The Balaban J connectivity index is 1.83. The summed E-state index contributed by atoms with van der Waals surface area (Å²) in [5, 5.41) is 11.4. The number of nitro benzene ring substituents is 1. The highest BCUT2D eigenvalue weighted by Crippen LogP contribution is 2.48. The molecule has 25 heavy (non-hydrogen) atoms.